The van der Waals surface area contributed by atoms with E-state index >= 15 is 0 Å². The summed E-state index contributed by atoms with van der Waals surface area (Å²) in [7, 11) is 0. The fraction of sp³-hybridized carbons (Fsp3) is 0.111. The summed E-state index contributed by atoms with van der Waals surface area (Å²) in [6, 6.07) is 68.2. The van der Waals surface area contributed by atoms with Gasteiger partial charge in [0.1, 0.15) is 0 Å². The van der Waals surface area contributed by atoms with Crippen molar-refractivity contribution in [1.82, 2.24) is 4.57 Å². The van der Waals surface area contributed by atoms with Gasteiger partial charge in [-0.05, 0) is 116 Å². The van der Waals surface area contributed by atoms with E-state index in [-0.39, 0.29) is 5.41 Å². The molecule has 2 aliphatic rings. The first-order valence-electron chi connectivity index (χ1n) is 19.7. The lowest BCUT2D eigenvalue weighted by atomic mass is 9.82. The molecule has 0 aliphatic heterocycles. The van der Waals surface area contributed by atoms with Crippen LogP contribution in [0.15, 0.2) is 182 Å². The average molecular weight is 704 g/mol. The summed E-state index contributed by atoms with van der Waals surface area (Å²) in [4.78, 5) is 0. The molecule has 55 heavy (non-hydrogen) atoms. The van der Waals surface area contributed by atoms with E-state index in [1.165, 1.54) is 99.8 Å². The molecule has 0 saturated carbocycles. The largest absolute Gasteiger partial charge is 0.309 e. The lowest BCUT2D eigenvalue weighted by Gasteiger charge is -2.22. The summed E-state index contributed by atoms with van der Waals surface area (Å²) in [6.45, 7) is 4.76. The average Bonchev–Trinajstić information content (AvgIpc) is 3.60. The molecule has 0 fully saturated rings. The van der Waals surface area contributed by atoms with Crippen LogP contribution < -0.4 is 0 Å². The van der Waals surface area contributed by atoms with Crippen LogP contribution in [0.1, 0.15) is 47.6 Å². The molecule has 1 aromatic heterocycles. The van der Waals surface area contributed by atoms with E-state index in [0.717, 1.165) is 12.8 Å². The molecule has 0 N–H and O–H groups in total. The van der Waals surface area contributed by atoms with Crippen molar-refractivity contribution in [3.8, 4) is 50.2 Å². The zero-order valence-corrected chi connectivity index (χ0v) is 31.3. The van der Waals surface area contributed by atoms with Gasteiger partial charge in [0.25, 0.3) is 0 Å². The molecule has 1 unspecified atom stereocenters. The van der Waals surface area contributed by atoms with Crippen LogP contribution in [0, 0.1) is 0 Å². The highest BCUT2D eigenvalue weighted by Crippen LogP contribution is 2.51. The summed E-state index contributed by atoms with van der Waals surface area (Å²) in [6.07, 6.45) is 2.07. The molecule has 1 heteroatoms. The van der Waals surface area contributed by atoms with Gasteiger partial charge >= 0.3 is 0 Å². The molecule has 2 aliphatic carbocycles. The third-order valence-electron chi connectivity index (χ3n) is 12.7. The number of benzene rings is 8. The highest BCUT2D eigenvalue weighted by atomic mass is 15.0. The minimum atomic E-state index is -0.0941. The van der Waals surface area contributed by atoms with Crippen molar-refractivity contribution in [3.05, 3.63) is 210 Å². The monoisotopic (exact) mass is 703 g/mol. The number of rotatable bonds is 4. The second kappa shape index (κ2) is 12.3. The minimum Gasteiger partial charge on any atom is -0.309 e. The molecule has 11 rings (SSSR count). The van der Waals surface area contributed by atoms with Crippen molar-refractivity contribution in [1.29, 1.82) is 0 Å². The fourth-order valence-electron chi connectivity index (χ4n) is 9.89. The van der Waals surface area contributed by atoms with Crippen LogP contribution in [0.5, 0.6) is 0 Å². The minimum absolute atomic E-state index is 0.0941. The van der Waals surface area contributed by atoms with E-state index in [2.05, 4.69) is 200 Å². The van der Waals surface area contributed by atoms with Crippen molar-refractivity contribution in [2.45, 2.75) is 38.0 Å². The second-order valence-corrected chi connectivity index (χ2v) is 16.1. The predicted octanol–water partition coefficient (Wildman–Crippen LogP) is 14.0. The number of hydrogen-bond donors (Lipinski definition) is 0. The lowest BCUT2D eigenvalue weighted by Crippen LogP contribution is -2.15. The maximum Gasteiger partial charge on any atom is 0.0546 e. The molecule has 0 radical (unpaired) electrons. The van der Waals surface area contributed by atoms with E-state index in [1.807, 2.05) is 0 Å². The summed E-state index contributed by atoms with van der Waals surface area (Å²) in [5, 5.41) is 2.57. The number of aromatic nitrogens is 1. The zero-order valence-electron chi connectivity index (χ0n) is 31.3. The Kier molecular flexibility index (Phi) is 7.16. The Bertz CT molecular complexity index is 2940. The predicted molar refractivity (Wildman–Crippen MR) is 231 cm³/mol. The second-order valence-electron chi connectivity index (χ2n) is 16.1. The van der Waals surface area contributed by atoms with E-state index in [9.17, 15) is 0 Å². The van der Waals surface area contributed by atoms with Gasteiger partial charge in [0.15, 0.2) is 0 Å². The molecule has 262 valence electrons. The maximum atomic E-state index is 2.54. The Balaban J connectivity index is 1.13. The van der Waals surface area contributed by atoms with Crippen molar-refractivity contribution in [2.24, 2.45) is 0 Å². The Morgan fingerprint density at radius 3 is 1.91 bits per heavy atom. The molecule has 9 aromatic rings. The molecule has 0 spiro atoms. The van der Waals surface area contributed by atoms with Crippen LogP contribution in [-0.4, -0.2) is 4.57 Å². The van der Waals surface area contributed by atoms with E-state index in [1.54, 1.807) is 0 Å². The van der Waals surface area contributed by atoms with Crippen LogP contribution >= 0.6 is 0 Å². The third kappa shape index (κ3) is 5.00. The summed E-state index contributed by atoms with van der Waals surface area (Å²) >= 11 is 0. The van der Waals surface area contributed by atoms with Crippen LogP contribution in [0.25, 0.3) is 72.0 Å². The first-order valence-corrected chi connectivity index (χ1v) is 19.7. The van der Waals surface area contributed by atoms with Crippen molar-refractivity contribution < 1.29 is 0 Å². The molecular weight excluding hydrogens is 663 g/mol. The van der Waals surface area contributed by atoms with Crippen molar-refractivity contribution in [3.63, 3.8) is 0 Å². The van der Waals surface area contributed by atoms with Gasteiger partial charge in [-0.2, -0.15) is 0 Å². The van der Waals surface area contributed by atoms with Gasteiger partial charge < -0.3 is 4.57 Å². The summed E-state index contributed by atoms with van der Waals surface area (Å²) < 4.78 is 2.54. The first-order chi connectivity index (χ1) is 27.0. The quantitative estimate of drug-likeness (QED) is 0.172. The van der Waals surface area contributed by atoms with Crippen LogP contribution in [0.4, 0.5) is 0 Å². The molecule has 1 atom stereocenters. The molecular formula is C54H41N. The molecule has 0 saturated heterocycles. The van der Waals surface area contributed by atoms with Gasteiger partial charge in [0.2, 0.25) is 0 Å². The van der Waals surface area contributed by atoms with Gasteiger partial charge in [-0.25, -0.2) is 0 Å². The Morgan fingerprint density at radius 2 is 1.07 bits per heavy atom. The Hall–Kier alpha value is -6.44. The highest BCUT2D eigenvalue weighted by Gasteiger charge is 2.36. The lowest BCUT2D eigenvalue weighted by molar-refractivity contribution is 0.661. The third-order valence-corrected chi connectivity index (χ3v) is 12.7. The molecule has 1 nitrogen and oxygen atoms in total. The van der Waals surface area contributed by atoms with Gasteiger partial charge in [0.05, 0.1) is 16.7 Å². The molecule has 0 amide bonds. The normalized spacial score (nSPS) is 15.3. The maximum absolute atomic E-state index is 2.54. The number of hydrogen-bond acceptors (Lipinski definition) is 0. The Morgan fingerprint density at radius 1 is 0.418 bits per heavy atom. The molecule has 0 bridgehead atoms. The van der Waals surface area contributed by atoms with Gasteiger partial charge in [-0.3, -0.25) is 0 Å². The SMILES string of the molecule is CC1(C)c2ccccc2-c2cc3c4ccccc4n(-c4cc(-c5ccc6c(c5)-c5ccccc5CC(c5ccccc5)C6)ccc4-c4ccccc4)c3cc21. The van der Waals surface area contributed by atoms with Gasteiger partial charge in [-0.1, -0.05) is 166 Å². The fourth-order valence-corrected chi connectivity index (χ4v) is 9.89. The Labute approximate surface area is 323 Å². The summed E-state index contributed by atoms with van der Waals surface area (Å²) in [5.74, 6) is 0.445. The van der Waals surface area contributed by atoms with Crippen LogP contribution in [-0.2, 0) is 18.3 Å². The van der Waals surface area contributed by atoms with Gasteiger partial charge in [-0.15, -0.1) is 0 Å². The topological polar surface area (TPSA) is 4.93 Å². The smallest absolute Gasteiger partial charge is 0.0546 e. The standard InChI is InChI=1S/C54H41N/c1-54(2)49-23-13-11-21-44(49)47-33-48-45-22-12-14-24-51(45)55(53(48)34-50(47)54)52-32-38(27-28-43(52)36-17-7-4-8-18-36)37-25-26-40-30-41(35-15-5-3-6-16-35)29-39-19-9-10-20-42(39)46(40)31-37/h3-28,31-34,41H,29-30H2,1-2H3. The number of fused-ring (bicyclic) bond motifs is 9. The van der Waals surface area contributed by atoms with E-state index in [0.29, 0.717) is 5.92 Å². The molecule has 8 aromatic carbocycles. The molecule has 1 heterocycles. The van der Waals surface area contributed by atoms with E-state index < -0.39 is 0 Å². The van der Waals surface area contributed by atoms with Crippen molar-refractivity contribution >= 4 is 21.8 Å². The van der Waals surface area contributed by atoms with Crippen LogP contribution in [0.3, 0.4) is 0 Å². The van der Waals surface area contributed by atoms with E-state index in [4.69, 9.17) is 0 Å². The summed E-state index contributed by atoms with van der Waals surface area (Å²) in [5.41, 5.74) is 21.0. The first kappa shape index (κ1) is 32.0. The van der Waals surface area contributed by atoms with Crippen LogP contribution in [0.2, 0.25) is 0 Å². The zero-order chi connectivity index (χ0) is 36.7. The highest BCUT2D eigenvalue weighted by molar-refractivity contribution is 6.12. The number of nitrogens with zero attached hydrogens (tertiary/aromatic N) is 1. The van der Waals surface area contributed by atoms with Gasteiger partial charge in [0, 0.05) is 21.8 Å². The number of para-hydroxylation sites is 1. The van der Waals surface area contributed by atoms with Crippen molar-refractivity contribution in [2.75, 3.05) is 0 Å².